The number of halogens is 2. The molecular formula is C14H21BrFN3O8. The quantitative estimate of drug-likeness (QED) is 0.162. The Morgan fingerprint density at radius 3 is 2.67 bits per heavy atom. The lowest BCUT2D eigenvalue weighted by Crippen LogP contribution is -2.69. The van der Waals surface area contributed by atoms with Crippen molar-refractivity contribution in [2.45, 2.75) is 56.3 Å². The molecular weight excluding hydrogens is 437 g/mol. The van der Waals surface area contributed by atoms with Gasteiger partial charge in [0.15, 0.2) is 6.30 Å². The fourth-order valence-electron chi connectivity index (χ4n) is 2.85. The van der Waals surface area contributed by atoms with Crippen LogP contribution in [0.3, 0.4) is 0 Å². The monoisotopic (exact) mass is 457 g/mol. The van der Waals surface area contributed by atoms with E-state index in [1.54, 1.807) is 6.92 Å². The summed E-state index contributed by atoms with van der Waals surface area (Å²) in [5, 5.41) is 51.3. The lowest BCUT2D eigenvalue weighted by Gasteiger charge is -2.43. The van der Waals surface area contributed by atoms with Crippen molar-refractivity contribution >= 4 is 15.9 Å². The van der Waals surface area contributed by atoms with Crippen LogP contribution in [-0.2, 0) is 10.6 Å². The average molecular weight is 458 g/mol. The number of H-pyrrole nitrogens is 1. The molecule has 13 heteroatoms. The normalized spacial score (nSPS) is 32.2. The number of alkyl halides is 1. The highest BCUT2D eigenvalue weighted by molar-refractivity contribution is 9.10. The molecule has 0 aliphatic carbocycles. The summed E-state index contributed by atoms with van der Waals surface area (Å²) in [4.78, 5) is 25.5. The van der Waals surface area contributed by atoms with Gasteiger partial charge in [-0.15, -0.1) is 5.06 Å². The number of hydroxylamine groups is 2. The summed E-state index contributed by atoms with van der Waals surface area (Å²) in [5.41, 5.74) is -5.45. The highest BCUT2D eigenvalue weighted by Crippen LogP contribution is 2.44. The molecule has 0 saturated carbocycles. The number of hydrogen-bond acceptors (Lipinski definition) is 9. The molecule has 1 aliphatic heterocycles. The van der Waals surface area contributed by atoms with Gasteiger partial charge in [0.25, 0.3) is 5.56 Å². The first-order valence-electron chi connectivity index (χ1n) is 8.10. The number of unbranched alkanes of at least 4 members (excludes halogenated alkanes) is 1. The summed E-state index contributed by atoms with van der Waals surface area (Å²) < 4.78 is 19.4. The molecule has 11 nitrogen and oxygen atoms in total. The van der Waals surface area contributed by atoms with Gasteiger partial charge in [-0.05, 0) is 28.8 Å². The summed E-state index contributed by atoms with van der Waals surface area (Å²) in [6.45, 7) is 0.816. The molecule has 1 aromatic rings. The van der Waals surface area contributed by atoms with Crippen LogP contribution >= 0.6 is 15.9 Å². The summed E-state index contributed by atoms with van der Waals surface area (Å²) in [6.07, 6.45) is -4.85. The smallest absolute Gasteiger partial charge is 0.332 e. The van der Waals surface area contributed by atoms with Gasteiger partial charge in [-0.25, -0.2) is 13.8 Å². The van der Waals surface area contributed by atoms with E-state index in [4.69, 9.17) is 4.74 Å². The Balaban J connectivity index is 2.62. The fourth-order valence-corrected chi connectivity index (χ4v) is 3.16. The Hall–Kier alpha value is -1.19. The molecule has 1 aromatic heterocycles. The predicted octanol–water partition coefficient (Wildman–Crippen LogP) is -1.48. The van der Waals surface area contributed by atoms with Crippen molar-refractivity contribution in [3.05, 3.63) is 31.5 Å². The molecule has 0 aromatic carbocycles. The number of aromatic nitrogens is 2. The number of aliphatic hydroxyl groups is 4. The molecule has 27 heavy (non-hydrogen) atoms. The van der Waals surface area contributed by atoms with Gasteiger partial charge in [0.2, 0.25) is 5.72 Å². The van der Waals surface area contributed by atoms with Crippen LogP contribution in [0, 0.1) is 0 Å². The van der Waals surface area contributed by atoms with Gasteiger partial charge in [-0.1, -0.05) is 13.3 Å². The SMILES string of the molecule is CCCCC(F)N(O)[C@@]1(O)[C@H](O)[C@@H](CO)O[C@]1(O)n1cc(Br)c(=O)[nH]c1=O. The first-order chi connectivity index (χ1) is 12.5. The van der Waals surface area contributed by atoms with E-state index in [1.165, 1.54) is 0 Å². The second-order valence-corrected chi connectivity index (χ2v) is 7.00. The Morgan fingerprint density at radius 1 is 1.48 bits per heavy atom. The minimum Gasteiger partial charge on any atom is -0.394 e. The molecule has 154 valence electrons. The van der Waals surface area contributed by atoms with Crippen molar-refractivity contribution in [1.29, 1.82) is 0 Å². The van der Waals surface area contributed by atoms with Gasteiger partial charge in [-0.2, -0.15) is 0 Å². The predicted molar refractivity (Wildman–Crippen MR) is 90.2 cm³/mol. The number of rotatable bonds is 7. The Morgan fingerprint density at radius 2 is 2.11 bits per heavy atom. The standard InChI is InChI=1S/C14H21BrFN3O8/c1-2-3-4-9(16)19(26)13(24)10(21)8(6-20)27-14(13,25)18-5-7(15)11(22)17-12(18)23/h5,8-10,20-21,24-26H,2-4,6H2,1H3,(H,17,22,23)/t8-,9?,10-,13-,14+/m1/s1. The van der Waals surface area contributed by atoms with Crippen molar-refractivity contribution in [1.82, 2.24) is 14.6 Å². The minimum atomic E-state index is -3.30. The number of nitrogens with one attached hydrogen (secondary N) is 1. The minimum absolute atomic E-state index is 0.257. The van der Waals surface area contributed by atoms with E-state index in [0.29, 0.717) is 12.8 Å². The van der Waals surface area contributed by atoms with Crippen molar-refractivity contribution < 1.29 is 34.8 Å². The van der Waals surface area contributed by atoms with Gasteiger partial charge >= 0.3 is 11.6 Å². The molecule has 0 radical (unpaired) electrons. The largest absolute Gasteiger partial charge is 0.394 e. The average Bonchev–Trinajstić information content (AvgIpc) is 2.84. The maximum atomic E-state index is 14.4. The highest BCUT2D eigenvalue weighted by atomic mass is 79.9. The number of aromatic amines is 1. The van der Waals surface area contributed by atoms with E-state index in [0.717, 1.165) is 6.20 Å². The molecule has 0 bridgehead atoms. The van der Waals surface area contributed by atoms with E-state index in [2.05, 4.69) is 15.9 Å². The van der Waals surface area contributed by atoms with Crippen LogP contribution in [0.15, 0.2) is 20.3 Å². The van der Waals surface area contributed by atoms with Crippen molar-refractivity contribution in [3.63, 3.8) is 0 Å². The van der Waals surface area contributed by atoms with Gasteiger partial charge < -0.3 is 30.4 Å². The maximum absolute atomic E-state index is 14.4. The molecule has 1 fully saturated rings. The van der Waals surface area contributed by atoms with Crippen LogP contribution in [0.25, 0.3) is 0 Å². The topological polar surface area (TPSA) is 168 Å². The molecule has 0 amide bonds. The second kappa shape index (κ2) is 8.05. The van der Waals surface area contributed by atoms with Crippen molar-refractivity contribution in [2.24, 2.45) is 0 Å². The first kappa shape index (κ1) is 22.1. The maximum Gasteiger partial charge on any atom is 0.332 e. The van der Waals surface area contributed by atoms with E-state index in [-0.39, 0.29) is 20.5 Å². The molecule has 1 unspecified atom stereocenters. The van der Waals surface area contributed by atoms with Crippen LogP contribution in [0.2, 0.25) is 0 Å². The summed E-state index contributed by atoms with van der Waals surface area (Å²) in [6, 6.07) is 0. The molecule has 1 aliphatic rings. The molecule has 6 N–H and O–H groups in total. The van der Waals surface area contributed by atoms with Crippen LogP contribution in [-0.4, -0.2) is 71.1 Å². The van der Waals surface area contributed by atoms with E-state index >= 15 is 0 Å². The van der Waals surface area contributed by atoms with Crippen LogP contribution < -0.4 is 11.2 Å². The van der Waals surface area contributed by atoms with Crippen LogP contribution in [0.1, 0.15) is 26.2 Å². The molecule has 2 heterocycles. The summed E-state index contributed by atoms with van der Waals surface area (Å²) in [5.74, 6) is -3.26. The highest BCUT2D eigenvalue weighted by Gasteiger charge is 2.71. The number of hydrogen-bond donors (Lipinski definition) is 6. The number of nitrogens with zero attached hydrogens (tertiary/aromatic N) is 2. The zero-order valence-electron chi connectivity index (χ0n) is 14.2. The summed E-state index contributed by atoms with van der Waals surface area (Å²) >= 11 is 2.82. The molecule has 1 saturated heterocycles. The van der Waals surface area contributed by atoms with E-state index < -0.39 is 48.0 Å². The van der Waals surface area contributed by atoms with E-state index in [9.17, 15) is 39.6 Å². The number of aliphatic hydroxyl groups excluding tert-OH is 2. The Labute approximate surface area is 160 Å². The molecule has 2 rings (SSSR count). The zero-order valence-corrected chi connectivity index (χ0v) is 15.8. The van der Waals surface area contributed by atoms with Crippen LogP contribution in [0.4, 0.5) is 4.39 Å². The Kier molecular flexibility index (Phi) is 6.59. The molecule has 5 atom stereocenters. The van der Waals surface area contributed by atoms with Crippen LogP contribution in [0.5, 0.6) is 0 Å². The van der Waals surface area contributed by atoms with Gasteiger partial charge in [-0.3, -0.25) is 9.78 Å². The fraction of sp³-hybridized carbons (Fsp3) is 0.714. The Bertz CT molecular complexity index is 790. The third kappa shape index (κ3) is 3.49. The third-order valence-corrected chi connectivity index (χ3v) is 4.94. The third-order valence-electron chi connectivity index (χ3n) is 4.38. The first-order valence-corrected chi connectivity index (χ1v) is 8.89. The summed E-state index contributed by atoms with van der Waals surface area (Å²) in [7, 11) is 0. The molecule has 0 spiro atoms. The van der Waals surface area contributed by atoms with Gasteiger partial charge in [0.1, 0.15) is 12.2 Å². The van der Waals surface area contributed by atoms with Gasteiger partial charge in [0, 0.05) is 6.20 Å². The second-order valence-electron chi connectivity index (χ2n) is 6.15. The van der Waals surface area contributed by atoms with E-state index in [1.807, 2.05) is 4.98 Å². The number of ether oxygens (including phenoxy) is 1. The zero-order chi connectivity index (χ0) is 20.6. The van der Waals surface area contributed by atoms with Crippen molar-refractivity contribution in [2.75, 3.05) is 6.61 Å². The lowest BCUT2D eigenvalue weighted by atomic mass is 10.00. The van der Waals surface area contributed by atoms with Gasteiger partial charge in [0.05, 0.1) is 11.1 Å². The van der Waals surface area contributed by atoms with Crippen molar-refractivity contribution in [3.8, 4) is 0 Å². The lowest BCUT2D eigenvalue weighted by molar-refractivity contribution is -0.428.